The van der Waals surface area contributed by atoms with Crippen molar-refractivity contribution in [1.82, 2.24) is 4.90 Å². The van der Waals surface area contributed by atoms with Crippen molar-refractivity contribution in [3.63, 3.8) is 0 Å². The summed E-state index contributed by atoms with van der Waals surface area (Å²) >= 11 is 3.50. The number of hydrogen-bond acceptors (Lipinski definition) is 2. The third kappa shape index (κ3) is 4.20. The Labute approximate surface area is 127 Å². The zero-order valence-electron chi connectivity index (χ0n) is 11.9. The molecule has 0 saturated heterocycles. The molecule has 2 rings (SSSR count). The van der Waals surface area contributed by atoms with Crippen LogP contribution in [0.2, 0.25) is 0 Å². The minimum atomic E-state index is -0.534. The van der Waals surface area contributed by atoms with Gasteiger partial charge in [-0.05, 0) is 44.9 Å². The maximum Gasteiger partial charge on any atom is 0.410 e. The maximum absolute atomic E-state index is 13.2. The van der Waals surface area contributed by atoms with Crippen molar-refractivity contribution in [2.75, 3.05) is 0 Å². The predicted molar refractivity (Wildman–Crippen MR) is 79.3 cm³/mol. The number of ether oxygens (including phenoxy) is 1. The fourth-order valence-corrected chi connectivity index (χ4v) is 2.61. The van der Waals surface area contributed by atoms with Crippen LogP contribution in [0.4, 0.5) is 9.18 Å². The number of alkyl halides is 1. The number of halogens is 2. The molecular formula is C15H19BrFNO2. The molecule has 2 atom stereocenters. The number of rotatable bonds is 3. The lowest BCUT2D eigenvalue weighted by Gasteiger charge is -2.27. The highest BCUT2D eigenvalue weighted by Gasteiger charge is 2.43. The Morgan fingerprint density at radius 1 is 1.50 bits per heavy atom. The molecule has 0 N–H and O–H groups in total. The molecule has 1 aromatic rings. The molecule has 0 heterocycles. The lowest BCUT2D eigenvalue weighted by molar-refractivity contribution is 0.0218. The topological polar surface area (TPSA) is 29.5 Å². The normalized spacial score (nSPS) is 21.4. The third-order valence-corrected chi connectivity index (χ3v) is 3.94. The van der Waals surface area contributed by atoms with E-state index in [1.165, 1.54) is 12.1 Å². The Morgan fingerprint density at radius 2 is 2.15 bits per heavy atom. The number of hydrogen-bond donors (Lipinski definition) is 0. The predicted octanol–water partition coefficient (Wildman–Crippen LogP) is 4.10. The van der Waals surface area contributed by atoms with Gasteiger partial charge >= 0.3 is 6.09 Å². The summed E-state index contributed by atoms with van der Waals surface area (Å²) < 4.78 is 18.7. The highest BCUT2D eigenvalue weighted by atomic mass is 79.9. The number of benzene rings is 1. The van der Waals surface area contributed by atoms with Gasteiger partial charge in [0.2, 0.25) is 0 Å². The van der Waals surface area contributed by atoms with Gasteiger partial charge in [0.1, 0.15) is 11.4 Å². The lowest BCUT2D eigenvalue weighted by Crippen LogP contribution is -2.38. The maximum atomic E-state index is 13.2. The van der Waals surface area contributed by atoms with Crippen LogP contribution in [0.1, 0.15) is 32.8 Å². The summed E-state index contributed by atoms with van der Waals surface area (Å²) in [5.41, 5.74) is 0.232. The number of nitrogens with zero attached hydrogens (tertiary/aromatic N) is 1. The van der Waals surface area contributed by atoms with E-state index in [0.717, 1.165) is 12.0 Å². The molecule has 1 amide bonds. The summed E-state index contributed by atoms with van der Waals surface area (Å²) in [6, 6.07) is 6.42. The van der Waals surface area contributed by atoms with Gasteiger partial charge in [0, 0.05) is 17.4 Å². The van der Waals surface area contributed by atoms with Crippen LogP contribution < -0.4 is 0 Å². The Morgan fingerprint density at radius 3 is 2.65 bits per heavy atom. The van der Waals surface area contributed by atoms with Gasteiger partial charge in [-0.3, -0.25) is 4.90 Å². The Hall–Kier alpha value is -1.10. The SMILES string of the molecule is CC(C)(C)OC(=O)N(Cc1cccc(F)c1)C1CC1Br. The van der Waals surface area contributed by atoms with Crippen molar-refractivity contribution < 1.29 is 13.9 Å². The highest BCUT2D eigenvalue weighted by Crippen LogP contribution is 2.36. The van der Waals surface area contributed by atoms with Gasteiger partial charge in [0.05, 0.1) is 0 Å². The van der Waals surface area contributed by atoms with E-state index in [4.69, 9.17) is 4.74 Å². The molecular weight excluding hydrogens is 325 g/mol. The van der Waals surface area contributed by atoms with E-state index < -0.39 is 5.60 Å². The van der Waals surface area contributed by atoms with Gasteiger partial charge in [0.25, 0.3) is 0 Å². The Kier molecular flexibility index (Phi) is 4.37. The van der Waals surface area contributed by atoms with E-state index in [0.29, 0.717) is 11.4 Å². The molecule has 1 aliphatic rings. The Bertz CT molecular complexity index is 501. The minimum Gasteiger partial charge on any atom is -0.444 e. The number of amides is 1. The zero-order chi connectivity index (χ0) is 14.9. The summed E-state index contributed by atoms with van der Waals surface area (Å²) in [6.07, 6.45) is 0.544. The van der Waals surface area contributed by atoms with Crippen molar-refractivity contribution >= 4 is 22.0 Å². The van der Waals surface area contributed by atoms with E-state index in [2.05, 4.69) is 15.9 Å². The van der Waals surface area contributed by atoms with E-state index in [-0.39, 0.29) is 18.0 Å². The molecule has 5 heteroatoms. The van der Waals surface area contributed by atoms with Gasteiger partial charge < -0.3 is 4.74 Å². The first-order valence-corrected chi connectivity index (χ1v) is 7.56. The second-order valence-electron chi connectivity index (χ2n) is 6.06. The van der Waals surface area contributed by atoms with E-state index in [1.54, 1.807) is 11.0 Å². The Balaban J connectivity index is 2.10. The molecule has 0 bridgehead atoms. The zero-order valence-corrected chi connectivity index (χ0v) is 13.5. The van der Waals surface area contributed by atoms with Crippen LogP contribution in [-0.4, -0.2) is 27.5 Å². The van der Waals surface area contributed by atoms with Gasteiger partial charge in [-0.15, -0.1) is 0 Å². The molecule has 0 spiro atoms. The summed E-state index contributed by atoms with van der Waals surface area (Å²) in [6.45, 7) is 5.87. The van der Waals surface area contributed by atoms with Gasteiger partial charge in [-0.25, -0.2) is 9.18 Å². The van der Waals surface area contributed by atoms with Crippen LogP contribution >= 0.6 is 15.9 Å². The standard InChI is InChI=1S/C15H19BrFNO2/c1-15(2,3)20-14(19)18(13-8-12(13)16)9-10-5-4-6-11(17)7-10/h4-7,12-13H,8-9H2,1-3H3. The second-order valence-corrected chi connectivity index (χ2v) is 7.23. The summed E-state index contributed by atoms with van der Waals surface area (Å²) in [5.74, 6) is -0.294. The van der Waals surface area contributed by atoms with Gasteiger partial charge in [-0.1, -0.05) is 28.1 Å². The molecule has 0 aromatic heterocycles. The van der Waals surface area contributed by atoms with E-state index >= 15 is 0 Å². The van der Waals surface area contributed by atoms with Crippen LogP contribution in [0.3, 0.4) is 0 Å². The largest absolute Gasteiger partial charge is 0.444 e. The first-order chi connectivity index (χ1) is 9.26. The minimum absolute atomic E-state index is 0.119. The van der Waals surface area contributed by atoms with Crippen molar-refractivity contribution in [3.05, 3.63) is 35.6 Å². The van der Waals surface area contributed by atoms with Crippen molar-refractivity contribution in [2.45, 2.75) is 50.2 Å². The fraction of sp³-hybridized carbons (Fsp3) is 0.533. The molecule has 3 nitrogen and oxygen atoms in total. The van der Waals surface area contributed by atoms with Crippen LogP contribution in [0, 0.1) is 5.82 Å². The molecule has 1 saturated carbocycles. The fourth-order valence-electron chi connectivity index (χ4n) is 1.94. The van der Waals surface area contributed by atoms with Crippen molar-refractivity contribution in [3.8, 4) is 0 Å². The molecule has 20 heavy (non-hydrogen) atoms. The van der Waals surface area contributed by atoms with Crippen molar-refractivity contribution in [2.24, 2.45) is 0 Å². The summed E-state index contributed by atoms with van der Waals surface area (Å²) in [4.78, 5) is 14.2. The smallest absolute Gasteiger partial charge is 0.410 e. The third-order valence-electron chi connectivity index (χ3n) is 2.95. The van der Waals surface area contributed by atoms with Crippen LogP contribution in [0.25, 0.3) is 0 Å². The van der Waals surface area contributed by atoms with Gasteiger partial charge in [-0.2, -0.15) is 0 Å². The first-order valence-electron chi connectivity index (χ1n) is 6.64. The highest BCUT2D eigenvalue weighted by molar-refractivity contribution is 9.09. The van der Waals surface area contributed by atoms with Crippen molar-refractivity contribution in [1.29, 1.82) is 0 Å². The molecule has 0 radical (unpaired) electrons. The molecule has 2 unspecified atom stereocenters. The first kappa shape index (κ1) is 15.3. The molecule has 0 aliphatic heterocycles. The molecule has 1 aliphatic carbocycles. The van der Waals surface area contributed by atoms with E-state index in [1.807, 2.05) is 26.8 Å². The molecule has 1 fully saturated rings. The summed E-state index contributed by atoms with van der Waals surface area (Å²) in [5, 5.41) is 0. The second kappa shape index (κ2) is 5.72. The van der Waals surface area contributed by atoms with E-state index in [9.17, 15) is 9.18 Å². The lowest BCUT2D eigenvalue weighted by atomic mass is 10.2. The number of carbonyl (C=O) groups excluding carboxylic acids is 1. The average Bonchev–Trinajstić information content (AvgIpc) is 3.00. The number of carbonyl (C=O) groups is 1. The monoisotopic (exact) mass is 343 g/mol. The molecule has 1 aromatic carbocycles. The van der Waals surface area contributed by atoms with Crippen LogP contribution in [0.5, 0.6) is 0 Å². The van der Waals surface area contributed by atoms with Crippen LogP contribution in [0.15, 0.2) is 24.3 Å². The average molecular weight is 344 g/mol. The molecule has 110 valence electrons. The quantitative estimate of drug-likeness (QED) is 0.773. The van der Waals surface area contributed by atoms with Gasteiger partial charge in [0.15, 0.2) is 0 Å². The summed E-state index contributed by atoms with van der Waals surface area (Å²) in [7, 11) is 0. The van der Waals surface area contributed by atoms with Crippen LogP contribution in [-0.2, 0) is 11.3 Å².